The molecular formula is C19H23F3N6O. The van der Waals surface area contributed by atoms with Crippen molar-refractivity contribution in [2.24, 2.45) is 21.6 Å². The third-order valence-corrected chi connectivity index (χ3v) is 5.38. The molecule has 1 unspecified atom stereocenters. The Bertz CT molecular complexity index is 854. The minimum Gasteiger partial charge on any atom is -0.384 e. The van der Waals surface area contributed by atoms with Crippen LogP contribution in [0.4, 0.5) is 13.2 Å². The first-order valence-corrected chi connectivity index (χ1v) is 9.62. The quantitative estimate of drug-likeness (QED) is 0.687. The summed E-state index contributed by atoms with van der Waals surface area (Å²) >= 11 is 0. The van der Waals surface area contributed by atoms with Crippen LogP contribution in [0.3, 0.4) is 0 Å². The second kappa shape index (κ2) is 7.23. The number of guanidine groups is 1. The summed E-state index contributed by atoms with van der Waals surface area (Å²) in [7, 11) is 0. The monoisotopic (exact) mass is 408 g/mol. The fraction of sp³-hybridized carbons (Fsp3) is 0.526. The van der Waals surface area contributed by atoms with Gasteiger partial charge in [0.1, 0.15) is 17.4 Å². The molecule has 0 aromatic carbocycles. The summed E-state index contributed by atoms with van der Waals surface area (Å²) < 4.78 is 40.9. The highest BCUT2D eigenvalue weighted by atomic mass is 19.4. The molecule has 0 aliphatic carbocycles. The van der Waals surface area contributed by atoms with Crippen LogP contribution in [-0.4, -0.2) is 65.8 Å². The van der Waals surface area contributed by atoms with E-state index in [1.54, 1.807) is 6.08 Å². The lowest BCUT2D eigenvalue weighted by Gasteiger charge is -2.41. The van der Waals surface area contributed by atoms with E-state index in [2.05, 4.69) is 22.2 Å². The van der Waals surface area contributed by atoms with Crippen LogP contribution in [0.25, 0.3) is 0 Å². The lowest BCUT2D eigenvalue weighted by Crippen LogP contribution is -2.50. The van der Waals surface area contributed by atoms with Gasteiger partial charge in [0.25, 0.3) is 0 Å². The summed E-state index contributed by atoms with van der Waals surface area (Å²) in [6.45, 7) is 4.68. The van der Waals surface area contributed by atoms with Gasteiger partial charge in [-0.2, -0.15) is 18.2 Å². The lowest BCUT2D eigenvalue weighted by molar-refractivity contribution is -0.138. The van der Waals surface area contributed by atoms with Crippen LogP contribution in [0.15, 0.2) is 45.3 Å². The van der Waals surface area contributed by atoms with E-state index in [4.69, 9.17) is 5.73 Å². The second-order valence-corrected chi connectivity index (χ2v) is 7.80. The summed E-state index contributed by atoms with van der Waals surface area (Å²) in [6, 6.07) is -2.04. The van der Waals surface area contributed by atoms with E-state index in [0.717, 1.165) is 13.1 Å². The molecule has 0 aromatic rings. The smallest absolute Gasteiger partial charge is 0.384 e. The van der Waals surface area contributed by atoms with Crippen LogP contribution in [0.5, 0.6) is 0 Å². The number of carbonyl (C=O) groups is 1. The van der Waals surface area contributed by atoms with Crippen molar-refractivity contribution >= 4 is 17.6 Å². The molecule has 29 heavy (non-hydrogen) atoms. The van der Waals surface area contributed by atoms with Crippen molar-refractivity contribution in [3.05, 3.63) is 35.3 Å². The van der Waals surface area contributed by atoms with Gasteiger partial charge in [0.15, 0.2) is 6.04 Å². The number of dihydropyridines is 1. The molecule has 2 saturated heterocycles. The maximum atomic E-state index is 13.6. The number of halogens is 3. The highest BCUT2D eigenvalue weighted by Gasteiger charge is 2.44. The van der Waals surface area contributed by atoms with Gasteiger partial charge in [0.05, 0.1) is 5.70 Å². The topological polar surface area (TPSA) is 86.3 Å². The van der Waals surface area contributed by atoms with Crippen LogP contribution in [0.2, 0.25) is 0 Å². The maximum absolute atomic E-state index is 13.6. The first-order chi connectivity index (χ1) is 13.7. The molecule has 0 saturated carbocycles. The first kappa shape index (κ1) is 19.5. The van der Waals surface area contributed by atoms with Gasteiger partial charge in [0.2, 0.25) is 5.96 Å². The molecular weight excluding hydrogens is 385 g/mol. The minimum absolute atomic E-state index is 0.00161. The SMILES string of the molecule is CC1CN(C2=CC(=C3C=CC(N)=NC3C(F)(F)F)NC(N3CCC(=O)CC3)=N2)C1. The Labute approximate surface area is 166 Å². The van der Waals surface area contributed by atoms with Crippen molar-refractivity contribution in [1.29, 1.82) is 0 Å². The molecule has 7 nitrogen and oxygen atoms in total. The number of piperidine rings is 1. The van der Waals surface area contributed by atoms with Crippen LogP contribution in [0.1, 0.15) is 19.8 Å². The van der Waals surface area contributed by atoms with Crippen molar-refractivity contribution in [1.82, 2.24) is 15.1 Å². The molecule has 4 heterocycles. The number of ketones is 1. The van der Waals surface area contributed by atoms with E-state index < -0.39 is 12.2 Å². The maximum Gasteiger partial charge on any atom is 0.415 e. The fourth-order valence-electron chi connectivity index (χ4n) is 3.79. The predicted molar refractivity (Wildman–Crippen MR) is 103 cm³/mol. The molecule has 3 N–H and O–H groups in total. The van der Waals surface area contributed by atoms with Gasteiger partial charge >= 0.3 is 6.18 Å². The predicted octanol–water partition coefficient (Wildman–Crippen LogP) is 1.52. The molecule has 0 radical (unpaired) electrons. The van der Waals surface area contributed by atoms with Crippen molar-refractivity contribution in [2.45, 2.75) is 32.0 Å². The number of alkyl halides is 3. The lowest BCUT2D eigenvalue weighted by atomic mass is 9.99. The number of Topliss-reactive ketones (excluding diaryl/α,β-unsaturated/α-hetero) is 1. The number of allylic oxidation sites excluding steroid dienone is 1. The molecule has 0 aromatic heterocycles. The van der Waals surface area contributed by atoms with Crippen molar-refractivity contribution < 1.29 is 18.0 Å². The van der Waals surface area contributed by atoms with E-state index in [0.29, 0.717) is 49.3 Å². The largest absolute Gasteiger partial charge is 0.415 e. The molecule has 10 heteroatoms. The number of hydrogen-bond donors (Lipinski definition) is 2. The number of nitrogens with one attached hydrogen (secondary N) is 1. The number of likely N-dealkylation sites (tertiary alicyclic amines) is 2. The summed E-state index contributed by atoms with van der Waals surface area (Å²) in [5.74, 6) is 1.62. The number of rotatable bonds is 1. The van der Waals surface area contributed by atoms with Gasteiger partial charge in [-0.3, -0.25) is 9.79 Å². The number of carbonyl (C=O) groups excluding carboxylic acids is 1. The highest BCUT2D eigenvalue weighted by molar-refractivity contribution is 5.94. The van der Waals surface area contributed by atoms with Gasteiger partial charge in [-0.1, -0.05) is 13.0 Å². The third kappa shape index (κ3) is 4.01. The number of nitrogens with two attached hydrogens (primary N) is 1. The van der Waals surface area contributed by atoms with Crippen LogP contribution < -0.4 is 11.1 Å². The Kier molecular flexibility index (Phi) is 4.87. The third-order valence-electron chi connectivity index (χ3n) is 5.38. The molecule has 4 aliphatic rings. The van der Waals surface area contributed by atoms with E-state index in [-0.39, 0.29) is 17.2 Å². The summed E-state index contributed by atoms with van der Waals surface area (Å²) in [6.07, 6.45) is 0.607. The standard InChI is InChI=1S/C19H23F3N6O/c1-11-9-28(10-11)16-8-14(13-2-3-15(23)25-17(13)19(20,21)22)24-18(26-16)27-6-4-12(29)5-7-27/h2-3,8,11,17H,4-7,9-10H2,1H3,(H2,23,25)(H,24,26). The van der Waals surface area contributed by atoms with E-state index >= 15 is 0 Å². The Morgan fingerprint density at radius 1 is 1.17 bits per heavy atom. The van der Waals surface area contributed by atoms with Crippen LogP contribution in [-0.2, 0) is 4.79 Å². The van der Waals surface area contributed by atoms with Gasteiger partial charge in [-0.05, 0) is 12.0 Å². The normalized spacial score (nSPS) is 28.5. The summed E-state index contributed by atoms with van der Waals surface area (Å²) in [5, 5.41) is 3.05. The zero-order valence-electron chi connectivity index (χ0n) is 16.0. The molecule has 1 atom stereocenters. The zero-order valence-corrected chi connectivity index (χ0v) is 16.0. The van der Waals surface area contributed by atoms with E-state index in [1.165, 1.54) is 12.2 Å². The Morgan fingerprint density at radius 3 is 2.48 bits per heavy atom. The van der Waals surface area contributed by atoms with Gasteiger partial charge in [0, 0.05) is 50.7 Å². The summed E-state index contributed by atoms with van der Waals surface area (Å²) in [4.78, 5) is 23.8. The number of aliphatic imine (C=N–C) groups is 2. The number of hydrogen-bond acceptors (Lipinski definition) is 7. The number of amidine groups is 1. The molecule has 156 valence electrons. The molecule has 4 aliphatic heterocycles. The van der Waals surface area contributed by atoms with E-state index in [9.17, 15) is 18.0 Å². The van der Waals surface area contributed by atoms with Crippen molar-refractivity contribution in [2.75, 3.05) is 26.2 Å². The Morgan fingerprint density at radius 2 is 1.86 bits per heavy atom. The van der Waals surface area contributed by atoms with Gasteiger partial charge in [-0.25, -0.2) is 0 Å². The first-order valence-electron chi connectivity index (χ1n) is 9.62. The van der Waals surface area contributed by atoms with Gasteiger partial charge in [-0.15, -0.1) is 0 Å². The number of nitrogens with zero attached hydrogens (tertiary/aromatic N) is 4. The van der Waals surface area contributed by atoms with Crippen LogP contribution >= 0.6 is 0 Å². The Balaban J connectivity index is 1.71. The average molecular weight is 408 g/mol. The minimum atomic E-state index is -4.56. The molecule has 0 bridgehead atoms. The zero-order chi connectivity index (χ0) is 20.8. The highest BCUT2D eigenvalue weighted by Crippen LogP contribution is 2.34. The second-order valence-electron chi connectivity index (χ2n) is 7.80. The fourth-order valence-corrected chi connectivity index (χ4v) is 3.79. The van der Waals surface area contributed by atoms with E-state index in [1.807, 2.05) is 9.80 Å². The van der Waals surface area contributed by atoms with Crippen molar-refractivity contribution in [3.63, 3.8) is 0 Å². The van der Waals surface area contributed by atoms with Crippen LogP contribution in [0, 0.1) is 5.92 Å². The van der Waals surface area contributed by atoms with Gasteiger partial charge < -0.3 is 20.9 Å². The molecule has 2 fully saturated rings. The average Bonchev–Trinajstić information content (AvgIpc) is 2.65. The molecule has 0 amide bonds. The Hall–Kier alpha value is -2.78. The molecule has 0 spiro atoms. The molecule has 4 rings (SSSR count). The summed E-state index contributed by atoms with van der Waals surface area (Å²) in [5.41, 5.74) is 5.83. The van der Waals surface area contributed by atoms with Crippen molar-refractivity contribution in [3.8, 4) is 0 Å².